The summed E-state index contributed by atoms with van der Waals surface area (Å²) >= 11 is 2.86. The van der Waals surface area contributed by atoms with E-state index in [1.165, 1.54) is 57.2 Å². The molecule has 2 aliphatic rings. The lowest BCUT2D eigenvalue weighted by molar-refractivity contribution is -0.0117. The smallest absolute Gasteiger partial charge is 0.330 e. The highest BCUT2D eigenvalue weighted by molar-refractivity contribution is 8.06. The first-order valence-corrected chi connectivity index (χ1v) is 12.2. The molecule has 2 aromatic heterocycles. The zero-order chi connectivity index (χ0) is 24.2. The molecule has 14 heteroatoms. The summed E-state index contributed by atoms with van der Waals surface area (Å²) in [4.78, 5) is 52.9. The van der Waals surface area contributed by atoms with Crippen LogP contribution in [0.1, 0.15) is 12.5 Å². The molecule has 4 rings (SSSR count). The Morgan fingerprint density at radius 3 is 1.53 bits per heavy atom. The quantitative estimate of drug-likeness (QED) is 0.310. The number of nitrogens with zero attached hydrogens (tertiary/aromatic N) is 2. The number of H-pyrrole nitrogens is 2. The van der Waals surface area contributed by atoms with Gasteiger partial charge in [-0.1, -0.05) is 0 Å². The molecule has 2 aromatic rings. The summed E-state index contributed by atoms with van der Waals surface area (Å²) in [5.41, 5.74) is -2.27. The van der Waals surface area contributed by atoms with Gasteiger partial charge < -0.3 is 19.7 Å². The average molecular weight is 511 g/mol. The molecular formula is C20H22N4O8S2. The van der Waals surface area contributed by atoms with Gasteiger partial charge in [0.25, 0.3) is 11.1 Å². The fraction of sp³-hybridized carbons (Fsp3) is 0.400. The Balaban J connectivity index is 1.42. The van der Waals surface area contributed by atoms with Gasteiger partial charge in [-0.25, -0.2) is 9.59 Å². The van der Waals surface area contributed by atoms with E-state index in [1.54, 1.807) is 12.2 Å². The number of aliphatic hydroxyl groups is 2. The zero-order valence-corrected chi connectivity index (χ0v) is 19.3. The van der Waals surface area contributed by atoms with Gasteiger partial charge in [0, 0.05) is 45.8 Å². The van der Waals surface area contributed by atoms with Crippen LogP contribution in [0.2, 0.25) is 0 Å². The molecule has 2 aliphatic heterocycles. The topological polar surface area (TPSA) is 169 Å². The third kappa shape index (κ3) is 5.37. The summed E-state index contributed by atoms with van der Waals surface area (Å²) in [6, 6.07) is 2.44. The highest BCUT2D eigenvalue weighted by Crippen LogP contribution is 2.39. The van der Waals surface area contributed by atoms with Gasteiger partial charge in [-0.3, -0.25) is 28.7 Å². The van der Waals surface area contributed by atoms with Crippen molar-refractivity contribution in [2.24, 2.45) is 0 Å². The predicted octanol–water partition coefficient (Wildman–Crippen LogP) is -0.900. The number of aromatic nitrogens is 4. The van der Waals surface area contributed by atoms with E-state index in [0.29, 0.717) is 21.3 Å². The number of hydrogen-bond acceptors (Lipinski definition) is 10. The highest BCUT2D eigenvalue weighted by Gasteiger charge is 2.31. The molecule has 182 valence electrons. The van der Waals surface area contributed by atoms with E-state index in [2.05, 4.69) is 9.97 Å². The van der Waals surface area contributed by atoms with Crippen LogP contribution in [0.4, 0.5) is 0 Å². The second-order valence-electron chi connectivity index (χ2n) is 7.29. The first-order valence-electron chi connectivity index (χ1n) is 10.2. The molecule has 0 aliphatic carbocycles. The molecule has 34 heavy (non-hydrogen) atoms. The number of aliphatic hydroxyl groups excluding tert-OH is 2. The molecule has 0 unspecified atom stereocenters. The molecule has 0 bridgehead atoms. The van der Waals surface area contributed by atoms with Crippen molar-refractivity contribution in [2.45, 2.75) is 24.7 Å². The number of ether oxygens (including phenoxy) is 2. The van der Waals surface area contributed by atoms with Crippen LogP contribution in [0.5, 0.6) is 0 Å². The minimum atomic E-state index is -0.767. The lowest BCUT2D eigenvalue weighted by Crippen LogP contribution is -2.32. The van der Waals surface area contributed by atoms with Crippen molar-refractivity contribution >= 4 is 23.5 Å². The van der Waals surface area contributed by atoms with Crippen LogP contribution in [-0.2, 0) is 9.47 Å². The summed E-state index contributed by atoms with van der Waals surface area (Å²) in [5.74, 6) is 1.17. The summed E-state index contributed by atoms with van der Waals surface area (Å²) in [6.45, 7) is -0.508. The fourth-order valence-electron chi connectivity index (χ4n) is 3.45. The second-order valence-corrected chi connectivity index (χ2v) is 9.63. The highest BCUT2D eigenvalue weighted by atomic mass is 32.2. The van der Waals surface area contributed by atoms with Crippen molar-refractivity contribution in [3.05, 3.63) is 88.2 Å². The Hall–Kier alpha value is -2.62. The Morgan fingerprint density at radius 1 is 0.765 bits per heavy atom. The molecule has 0 amide bonds. The molecule has 0 saturated carbocycles. The van der Waals surface area contributed by atoms with Gasteiger partial charge in [-0.05, 0) is 12.2 Å². The van der Waals surface area contributed by atoms with E-state index in [4.69, 9.17) is 9.47 Å². The average Bonchev–Trinajstić information content (AvgIpc) is 3.40. The number of aromatic amines is 2. The first kappa shape index (κ1) is 24.5. The Morgan fingerprint density at radius 2 is 1.18 bits per heavy atom. The van der Waals surface area contributed by atoms with Crippen LogP contribution in [0.3, 0.4) is 0 Å². The summed E-state index contributed by atoms with van der Waals surface area (Å²) in [5, 5.41) is 19.0. The maximum atomic E-state index is 12.2. The molecule has 0 aromatic carbocycles. The number of nitrogens with one attached hydrogen (secondary N) is 2. The Kier molecular flexibility index (Phi) is 7.75. The van der Waals surface area contributed by atoms with Crippen LogP contribution in [0.15, 0.2) is 65.7 Å². The molecule has 0 fully saturated rings. The third-order valence-electron chi connectivity index (χ3n) is 4.98. The Labute approximate surface area is 199 Å². The minimum absolute atomic E-state index is 0.254. The normalized spacial score (nSPS) is 24.3. The largest absolute Gasteiger partial charge is 0.393 e. The summed E-state index contributed by atoms with van der Waals surface area (Å²) in [6.07, 6.45) is 3.47. The minimum Gasteiger partial charge on any atom is -0.393 e. The number of hydrogen-bond donors (Lipinski definition) is 4. The van der Waals surface area contributed by atoms with E-state index >= 15 is 0 Å². The molecule has 4 N–H and O–H groups in total. The molecule has 0 radical (unpaired) electrons. The van der Waals surface area contributed by atoms with Crippen LogP contribution in [0, 0.1) is 0 Å². The summed E-state index contributed by atoms with van der Waals surface area (Å²) in [7, 11) is 0. The first-order chi connectivity index (χ1) is 16.4. The maximum Gasteiger partial charge on any atom is 0.330 e. The van der Waals surface area contributed by atoms with Crippen LogP contribution in [-0.4, -0.2) is 66.2 Å². The monoisotopic (exact) mass is 510 g/mol. The van der Waals surface area contributed by atoms with Crippen molar-refractivity contribution in [3.8, 4) is 0 Å². The lowest BCUT2D eigenvalue weighted by atomic mass is 10.4. The van der Waals surface area contributed by atoms with E-state index in [9.17, 15) is 29.4 Å². The van der Waals surface area contributed by atoms with Gasteiger partial charge in [-0.2, -0.15) is 0 Å². The van der Waals surface area contributed by atoms with Crippen molar-refractivity contribution in [3.63, 3.8) is 0 Å². The predicted molar refractivity (Wildman–Crippen MR) is 126 cm³/mol. The van der Waals surface area contributed by atoms with E-state index in [-0.39, 0.29) is 13.2 Å². The van der Waals surface area contributed by atoms with Crippen molar-refractivity contribution in [1.82, 2.24) is 19.1 Å². The summed E-state index contributed by atoms with van der Waals surface area (Å²) < 4.78 is 14.0. The van der Waals surface area contributed by atoms with Gasteiger partial charge in [0.05, 0.1) is 13.2 Å². The molecular weight excluding hydrogens is 488 g/mol. The fourth-order valence-corrected chi connectivity index (χ4v) is 5.71. The van der Waals surface area contributed by atoms with Crippen LogP contribution >= 0.6 is 23.5 Å². The van der Waals surface area contributed by atoms with E-state index in [0.717, 1.165) is 0 Å². The SMILES string of the molecule is O=c1ccn([C@@H]2O[C@H](CO)C=C2SCCSC2=C[C@@H](CO)O[C@H]2n2ccc(=O)[nH]c2=O)c(=O)[nH]1. The van der Waals surface area contributed by atoms with E-state index < -0.39 is 47.2 Å². The lowest BCUT2D eigenvalue weighted by Gasteiger charge is -2.19. The van der Waals surface area contributed by atoms with Gasteiger partial charge >= 0.3 is 11.4 Å². The van der Waals surface area contributed by atoms with Gasteiger partial charge in [0.15, 0.2) is 12.5 Å². The Bertz CT molecular complexity index is 1230. The zero-order valence-electron chi connectivity index (χ0n) is 17.7. The van der Waals surface area contributed by atoms with E-state index in [1.807, 2.05) is 0 Å². The number of rotatable bonds is 9. The molecule has 4 atom stereocenters. The van der Waals surface area contributed by atoms with Gasteiger partial charge in [0.1, 0.15) is 12.2 Å². The van der Waals surface area contributed by atoms with Crippen molar-refractivity contribution in [2.75, 3.05) is 24.7 Å². The number of thioether (sulfide) groups is 2. The molecule has 12 nitrogen and oxygen atoms in total. The van der Waals surface area contributed by atoms with Gasteiger partial charge in [-0.15, -0.1) is 23.5 Å². The van der Waals surface area contributed by atoms with Crippen molar-refractivity contribution < 1.29 is 19.7 Å². The molecule has 0 saturated heterocycles. The van der Waals surface area contributed by atoms with Crippen LogP contribution in [0.25, 0.3) is 0 Å². The van der Waals surface area contributed by atoms with Crippen molar-refractivity contribution in [1.29, 1.82) is 0 Å². The van der Waals surface area contributed by atoms with Gasteiger partial charge in [0.2, 0.25) is 0 Å². The van der Waals surface area contributed by atoms with Crippen LogP contribution < -0.4 is 22.5 Å². The second kappa shape index (κ2) is 10.8. The third-order valence-corrected chi connectivity index (χ3v) is 7.40. The molecule has 4 heterocycles. The standard InChI is InChI=1S/C20H22N4O8S2/c25-9-11-7-13(17(31-11)23-3-1-15(27)21-19(23)29)33-5-6-34-14-8-12(10-26)32-18(14)24-4-2-16(28)22-20(24)30/h1-4,7-8,11-12,17-18,25-26H,5-6,9-10H2,(H,21,27,29)(H,22,28,30)/t11-,12-,17+,18+/m0/s1. The maximum absolute atomic E-state index is 12.2. The molecule has 0 spiro atoms.